The fourth-order valence-electron chi connectivity index (χ4n) is 2.73. The summed E-state index contributed by atoms with van der Waals surface area (Å²) in [5.41, 5.74) is 7.11. The number of anilines is 1. The third-order valence-corrected chi connectivity index (χ3v) is 4.11. The van der Waals surface area contributed by atoms with Crippen LogP contribution in [0.4, 0.5) is 5.69 Å². The van der Waals surface area contributed by atoms with Crippen LogP contribution in [0.2, 0.25) is 0 Å². The van der Waals surface area contributed by atoms with Gasteiger partial charge >= 0.3 is 0 Å². The molecule has 1 saturated carbocycles. The van der Waals surface area contributed by atoms with Crippen molar-refractivity contribution < 1.29 is 9.90 Å². The molecule has 104 valence electrons. The quantitative estimate of drug-likeness (QED) is 0.871. The third-order valence-electron chi connectivity index (χ3n) is 3.62. The number of nitrogens with two attached hydrogens (primary N) is 1. The Balaban J connectivity index is 2.35. The first-order valence-corrected chi connectivity index (χ1v) is 7.35. The molecule has 0 spiro atoms. The highest BCUT2D eigenvalue weighted by Gasteiger charge is 2.25. The number of carbonyl (C=O) groups is 1. The molecule has 5 heteroatoms. The standard InChI is InChI=1S/C14H19BrN2O2/c15-11-6-5-10(9-18)13(7-11)17(8-14(16)19)12-3-1-2-4-12/h5-7,12,18H,1-4,8-9H2,(H2,16,19). The fourth-order valence-corrected chi connectivity index (χ4v) is 3.08. The summed E-state index contributed by atoms with van der Waals surface area (Å²) in [5, 5.41) is 9.48. The zero-order chi connectivity index (χ0) is 13.8. The Bertz CT molecular complexity index is 459. The Kier molecular flexibility index (Phi) is 4.82. The average Bonchev–Trinajstić information content (AvgIpc) is 2.89. The summed E-state index contributed by atoms with van der Waals surface area (Å²) in [6.45, 7) is 0.165. The van der Waals surface area contributed by atoms with Gasteiger partial charge in [-0.3, -0.25) is 4.79 Å². The number of hydrogen-bond donors (Lipinski definition) is 2. The van der Waals surface area contributed by atoms with Crippen molar-refractivity contribution in [3.05, 3.63) is 28.2 Å². The first-order valence-electron chi connectivity index (χ1n) is 6.56. The highest BCUT2D eigenvalue weighted by molar-refractivity contribution is 9.10. The molecule has 1 aliphatic carbocycles. The summed E-state index contributed by atoms with van der Waals surface area (Å²) in [5.74, 6) is -0.337. The molecule has 0 radical (unpaired) electrons. The van der Waals surface area contributed by atoms with Gasteiger partial charge in [0.05, 0.1) is 13.2 Å². The second-order valence-corrected chi connectivity index (χ2v) is 5.88. The summed E-state index contributed by atoms with van der Waals surface area (Å²) < 4.78 is 0.937. The van der Waals surface area contributed by atoms with Gasteiger partial charge < -0.3 is 15.7 Å². The minimum Gasteiger partial charge on any atom is -0.392 e. The van der Waals surface area contributed by atoms with Gasteiger partial charge in [-0.15, -0.1) is 0 Å². The van der Waals surface area contributed by atoms with Gasteiger partial charge in [0.1, 0.15) is 0 Å². The lowest BCUT2D eigenvalue weighted by atomic mass is 10.1. The molecule has 0 atom stereocenters. The van der Waals surface area contributed by atoms with E-state index >= 15 is 0 Å². The van der Waals surface area contributed by atoms with Crippen LogP contribution in [0.3, 0.4) is 0 Å². The Morgan fingerprint density at radius 3 is 2.68 bits per heavy atom. The molecular weight excluding hydrogens is 308 g/mol. The van der Waals surface area contributed by atoms with E-state index in [1.807, 2.05) is 23.1 Å². The number of halogens is 1. The number of aliphatic hydroxyl groups excluding tert-OH is 1. The maximum Gasteiger partial charge on any atom is 0.236 e. The lowest BCUT2D eigenvalue weighted by molar-refractivity contribution is -0.116. The Labute approximate surface area is 121 Å². The predicted octanol–water partition coefficient (Wildman–Crippen LogP) is 2.18. The molecule has 1 aliphatic rings. The zero-order valence-corrected chi connectivity index (χ0v) is 12.4. The van der Waals surface area contributed by atoms with Crippen molar-refractivity contribution in [1.29, 1.82) is 0 Å². The number of amides is 1. The summed E-state index contributed by atoms with van der Waals surface area (Å²) in [4.78, 5) is 13.4. The van der Waals surface area contributed by atoms with Crippen LogP contribution in [-0.4, -0.2) is 23.6 Å². The summed E-state index contributed by atoms with van der Waals surface area (Å²) >= 11 is 3.44. The highest BCUT2D eigenvalue weighted by atomic mass is 79.9. The van der Waals surface area contributed by atoms with Gasteiger partial charge in [-0.2, -0.15) is 0 Å². The zero-order valence-electron chi connectivity index (χ0n) is 10.8. The average molecular weight is 327 g/mol. The van der Waals surface area contributed by atoms with Crippen LogP contribution in [0.15, 0.2) is 22.7 Å². The molecule has 1 amide bonds. The van der Waals surface area contributed by atoms with Gasteiger partial charge in [-0.05, 0) is 25.0 Å². The SMILES string of the molecule is NC(=O)CN(c1cc(Br)ccc1CO)C1CCCC1. The molecule has 3 N–H and O–H groups in total. The molecule has 1 fully saturated rings. The predicted molar refractivity (Wildman–Crippen MR) is 78.9 cm³/mol. The molecule has 1 aromatic carbocycles. The van der Waals surface area contributed by atoms with E-state index in [2.05, 4.69) is 15.9 Å². The van der Waals surface area contributed by atoms with Crippen molar-refractivity contribution in [2.75, 3.05) is 11.4 Å². The Morgan fingerprint density at radius 2 is 2.11 bits per heavy atom. The Hall–Kier alpha value is -1.07. The number of nitrogens with zero attached hydrogens (tertiary/aromatic N) is 1. The maximum atomic E-state index is 11.3. The minimum atomic E-state index is -0.337. The van der Waals surface area contributed by atoms with Crippen LogP contribution < -0.4 is 10.6 Å². The van der Waals surface area contributed by atoms with Crippen LogP contribution >= 0.6 is 15.9 Å². The molecule has 0 aromatic heterocycles. The number of aliphatic hydroxyl groups is 1. The van der Waals surface area contributed by atoms with Crippen LogP contribution in [0.1, 0.15) is 31.2 Å². The van der Waals surface area contributed by atoms with Crippen molar-refractivity contribution in [1.82, 2.24) is 0 Å². The normalized spacial score (nSPS) is 15.7. The molecule has 0 heterocycles. The van der Waals surface area contributed by atoms with Crippen molar-refractivity contribution in [2.24, 2.45) is 5.73 Å². The van der Waals surface area contributed by atoms with Crippen molar-refractivity contribution in [3.8, 4) is 0 Å². The number of hydrogen-bond acceptors (Lipinski definition) is 3. The second-order valence-electron chi connectivity index (χ2n) is 4.96. The van der Waals surface area contributed by atoms with Gasteiger partial charge in [-0.25, -0.2) is 0 Å². The maximum absolute atomic E-state index is 11.3. The summed E-state index contributed by atoms with van der Waals surface area (Å²) in [6.07, 6.45) is 4.51. The van der Waals surface area contributed by atoms with Crippen molar-refractivity contribution in [3.63, 3.8) is 0 Å². The van der Waals surface area contributed by atoms with Crippen LogP contribution in [0, 0.1) is 0 Å². The lowest BCUT2D eigenvalue weighted by Gasteiger charge is -2.31. The number of primary amides is 1. The van der Waals surface area contributed by atoms with E-state index in [1.165, 1.54) is 12.8 Å². The van der Waals surface area contributed by atoms with E-state index in [0.29, 0.717) is 6.04 Å². The van der Waals surface area contributed by atoms with E-state index in [9.17, 15) is 9.90 Å². The fraction of sp³-hybridized carbons (Fsp3) is 0.500. The van der Waals surface area contributed by atoms with Gasteiger partial charge in [0.15, 0.2) is 0 Å². The first-order chi connectivity index (χ1) is 9.11. The van der Waals surface area contributed by atoms with E-state index in [4.69, 9.17) is 5.73 Å². The molecule has 4 nitrogen and oxygen atoms in total. The molecule has 0 bridgehead atoms. The van der Waals surface area contributed by atoms with Crippen molar-refractivity contribution in [2.45, 2.75) is 38.3 Å². The molecule has 1 aromatic rings. The largest absolute Gasteiger partial charge is 0.392 e. The third kappa shape index (κ3) is 3.48. The Morgan fingerprint density at radius 1 is 1.42 bits per heavy atom. The van der Waals surface area contributed by atoms with E-state index in [1.54, 1.807) is 0 Å². The number of carbonyl (C=O) groups excluding carboxylic acids is 1. The van der Waals surface area contributed by atoms with E-state index in [0.717, 1.165) is 28.6 Å². The monoisotopic (exact) mass is 326 g/mol. The number of benzene rings is 1. The number of rotatable bonds is 5. The topological polar surface area (TPSA) is 66.6 Å². The smallest absolute Gasteiger partial charge is 0.236 e. The summed E-state index contributed by atoms with van der Waals surface area (Å²) in [7, 11) is 0. The molecule has 19 heavy (non-hydrogen) atoms. The minimum absolute atomic E-state index is 0.0371. The van der Waals surface area contributed by atoms with Crippen molar-refractivity contribution >= 4 is 27.5 Å². The molecule has 0 saturated heterocycles. The molecular formula is C14H19BrN2O2. The molecule has 0 unspecified atom stereocenters. The lowest BCUT2D eigenvalue weighted by Crippen LogP contribution is -2.40. The van der Waals surface area contributed by atoms with Crippen LogP contribution in [-0.2, 0) is 11.4 Å². The first kappa shape index (κ1) is 14.3. The van der Waals surface area contributed by atoms with Crippen LogP contribution in [0.5, 0.6) is 0 Å². The second kappa shape index (κ2) is 6.39. The highest BCUT2D eigenvalue weighted by Crippen LogP contribution is 2.32. The summed E-state index contributed by atoms with van der Waals surface area (Å²) in [6, 6.07) is 6.06. The molecule has 2 rings (SSSR count). The van der Waals surface area contributed by atoms with Gasteiger partial charge in [0.2, 0.25) is 5.91 Å². The van der Waals surface area contributed by atoms with Gasteiger partial charge in [0.25, 0.3) is 0 Å². The van der Waals surface area contributed by atoms with Gasteiger partial charge in [-0.1, -0.05) is 34.8 Å². The van der Waals surface area contributed by atoms with E-state index in [-0.39, 0.29) is 19.1 Å². The van der Waals surface area contributed by atoms with Crippen LogP contribution in [0.25, 0.3) is 0 Å². The molecule has 0 aliphatic heterocycles. The van der Waals surface area contributed by atoms with Gasteiger partial charge in [0, 0.05) is 21.8 Å². The van der Waals surface area contributed by atoms with E-state index < -0.39 is 0 Å².